The number of rotatable bonds is 6. The number of aryl methyl sites for hydroxylation is 1. The maximum atomic E-state index is 6.44. The molecule has 4 heteroatoms. The summed E-state index contributed by atoms with van der Waals surface area (Å²) in [4.78, 5) is 0. The molecule has 0 saturated carbocycles. The minimum atomic E-state index is 0.0414. The predicted octanol–water partition coefficient (Wildman–Crippen LogP) is 5.12. The Morgan fingerprint density at radius 1 is 1.12 bits per heavy atom. The highest BCUT2D eigenvalue weighted by molar-refractivity contribution is 6.32. The number of halogens is 1. The molecule has 0 aliphatic rings. The van der Waals surface area contributed by atoms with E-state index >= 15 is 0 Å². The van der Waals surface area contributed by atoms with Gasteiger partial charge in [-0.3, -0.25) is 0 Å². The van der Waals surface area contributed by atoms with Crippen LogP contribution in [0.25, 0.3) is 0 Å². The molecule has 3 nitrogen and oxygen atoms in total. The van der Waals surface area contributed by atoms with E-state index in [0.717, 1.165) is 17.7 Å². The molecule has 24 heavy (non-hydrogen) atoms. The Morgan fingerprint density at radius 2 is 1.83 bits per heavy atom. The summed E-state index contributed by atoms with van der Waals surface area (Å²) in [5.74, 6) is 1.24. The Morgan fingerprint density at radius 3 is 2.46 bits per heavy atom. The van der Waals surface area contributed by atoms with E-state index in [2.05, 4.69) is 45.1 Å². The largest absolute Gasteiger partial charge is 0.493 e. The van der Waals surface area contributed by atoms with Crippen LogP contribution >= 0.6 is 11.6 Å². The van der Waals surface area contributed by atoms with Crippen LogP contribution in [0.15, 0.2) is 36.4 Å². The first-order valence-corrected chi connectivity index (χ1v) is 8.46. The number of hydrogen-bond donors (Lipinski definition) is 1. The summed E-state index contributed by atoms with van der Waals surface area (Å²) in [6, 6.07) is 12.0. The standard InChI is InChI=1S/C20H26ClNO2/c1-14-8-6-7-9-16(14)13-24-19-17(21)10-15(11-18(19)23-5)12-22-20(2,3)4/h6-11,22H,12-13H2,1-5H3. The summed E-state index contributed by atoms with van der Waals surface area (Å²) in [5, 5.41) is 4.01. The molecule has 2 aromatic carbocycles. The van der Waals surface area contributed by atoms with E-state index in [1.165, 1.54) is 5.56 Å². The van der Waals surface area contributed by atoms with Gasteiger partial charge in [-0.1, -0.05) is 35.9 Å². The van der Waals surface area contributed by atoms with Gasteiger partial charge in [0.25, 0.3) is 0 Å². The van der Waals surface area contributed by atoms with Gasteiger partial charge in [0.15, 0.2) is 11.5 Å². The quantitative estimate of drug-likeness (QED) is 0.786. The Hall–Kier alpha value is -1.71. The maximum Gasteiger partial charge on any atom is 0.180 e. The highest BCUT2D eigenvalue weighted by atomic mass is 35.5. The van der Waals surface area contributed by atoms with E-state index in [1.807, 2.05) is 24.3 Å². The first kappa shape index (κ1) is 18.6. The second-order valence-corrected chi connectivity index (χ2v) is 7.33. The van der Waals surface area contributed by atoms with Crippen molar-refractivity contribution < 1.29 is 9.47 Å². The SMILES string of the molecule is COc1cc(CNC(C)(C)C)cc(Cl)c1OCc1ccccc1C. The van der Waals surface area contributed by atoms with E-state index in [9.17, 15) is 0 Å². The Labute approximate surface area is 149 Å². The van der Waals surface area contributed by atoms with Crippen molar-refractivity contribution in [2.24, 2.45) is 0 Å². The van der Waals surface area contributed by atoms with Crippen LogP contribution in [-0.2, 0) is 13.2 Å². The molecule has 0 atom stereocenters. The normalized spacial score (nSPS) is 11.4. The molecule has 130 valence electrons. The Kier molecular flexibility index (Phi) is 6.14. The molecule has 0 aliphatic carbocycles. The lowest BCUT2D eigenvalue weighted by Gasteiger charge is -2.21. The summed E-state index contributed by atoms with van der Waals surface area (Å²) in [7, 11) is 1.63. The molecule has 0 heterocycles. The van der Waals surface area contributed by atoms with Crippen molar-refractivity contribution in [3.63, 3.8) is 0 Å². The highest BCUT2D eigenvalue weighted by Crippen LogP contribution is 2.37. The number of methoxy groups -OCH3 is 1. The van der Waals surface area contributed by atoms with Crippen LogP contribution in [0.2, 0.25) is 5.02 Å². The van der Waals surface area contributed by atoms with Crippen LogP contribution < -0.4 is 14.8 Å². The minimum absolute atomic E-state index is 0.0414. The Balaban J connectivity index is 2.16. The van der Waals surface area contributed by atoms with Crippen LogP contribution in [0.3, 0.4) is 0 Å². The second kappa shape index (κ2) is 7.91. The van der Waals surface area contributed by atoms with Crippen LogP contribution in [0.1, 0.15) is 37.5 Å². The van der Waals surface area contributed by atoms with Gasteiger partial charge < -0.3 is 14.8 Å². The number of benzene rings is 2. The zero-order valence-corrected chi connectivity index (χ0v) is 15.8. The average molecular weight is 348 g/mol. The van der Waals surface area contributed by atoms with E-state index in [-0.39, 0.29) is 5.54 Å². The van der Waals surface area contributed by atoms with Gasteiger partial charge in [-0.05, 0) is 56.5 Å². The zero-order chi connectivity index (χ0) is 17.7. The average Bonchev–Trinajstić information content (AvgIpc) is 2.52. The third-order valence-electron chi connectivity index (χ3n) is 3.75. The molecule has 0 bridgehead atoms. The number of ether oxygens (including phenoxy) is 2. The molecule has 0 aromatic heterocycles. The van der Waals surface area contributed by atoms with Crippen LogP contribution in [0, 0.1) is 6.92 Å². The van der Waals surface area contributed by atoms with Gasteiger partial charge in [0.05, 0.1) is 12.1 Å². The topological polar surface area (TPSA) is 30.5 Å². The lowest BCUT2D eigenvalue weighted by Crippen LogP contribution is -2.35. The molecular formula is C20H26ClNO2. The van der Waals surface area contributed by atoms with E-state index in [1.54, 1.807) is 7.11 Å². The fourth-order valence-corrected chi connectivity index (χ4v) is 2.59. The van der Waals surface area contributed by atoms with Crippen molar-refractivity contribution in [2.75, 3.05) is 7.11 Å². The summed E-state index contributed by atoms with van der Waals surface area (Å²) in [6.45, 7) is 9.64. The molecule has 0 spiro atoms. The molecule has 0 fully saturated rings. The summed E-state index contributed by atoms with van der Waals surface area (Å²) in [5.41, 5.74) is 3.43. The molecule has 0 unspecified atom stereocenters. The predicted molar refractivity (Wildman–Crippen MR) is 100 cm³/mol. The van der Waals surface area contributed by atoms with Crippen molar-refractivity contribution in [3.05, 3.63) is 58.1 Å². The summed E-state index contributed by atoms with van der Waals surface area (Å²) >= 11 is 6.44. The van der Waals surface area contributed by atoms with Crippen LogP contribution in [-0.4, -0.2) is 12.6 Å². The first-order chi connectivity index (χ1) is 11.3. The van der Waals surface area contributed by atoms with Crippen molar-refractivity contribution in [3.8, 4) is 11.5 Å². The van der Waals surface area contributed by atoms with E-state index in [4.69, 9.17) is 21.1 Å². The second-order valence-electron chi connectivity index (χ2n) is 6.93. The van der Waals surface area contributed by atoms with Gasteiger partial charge >= 0.3 is 0 Å². The molecule has 1 N–H and O–H groups in total. The zero-order valence-electron chi connectivity index (χ0n) is 15.1. The fraction of sp³-hybridized carbons (Fsp3) is 0.400. The maximum absolute atomic E-state index is 6.44. The number of hydrogen-bond acceptors (Lipinski definition) is 3. The van der Waals surface area contributed by atoms with Crippen LogP contribution in [0.4, 0.5) is 0 Å². The van der Waals surface area contributed by atoms with Gasteiger partial charge in [-0.2, -0.15) is 0 Å². The third kappa shape index (κ3) is 5.15. The highest BCUT2D eigenvalue weighted by Gasteiger charge is 2.14. The molecule has 0 saturated heterocycles. The van der Waals surface area contributed by atoms with E-state index in [0.29, 0.717) is 23.1 Å². The lowest BCUT2D eigenvalue weighted by atomic mass is 10.1. The van der Waals surface area contributed by atoms with Crippen molar-refractivity contribution >= 4 is 11.6 Å². The van der Waals surface area contributed by atoms with Gasteiger partial charge in [0.1, 0.15) is 6.61 Å². The fourth-order valence-electron chi connectivity index (χ4n) is 2.30. The number of nitrogens with one attached hydrogen (secondary N) is 1. The molecule has 2 rings (SSSR count). The van der Waals surface area contributed by atoms with Gasteiger partial charge in [-0.25, -0.2) is 0 Å². The summed E-state index contributed by atoms with van der Waals surface area (Å²) < 4.78 is 11.4. The molecule has 0 amide bonds. The van der Waals surface area contributed by atoms with Crippen molar-refractivity contribution in [2.45, 2.75) is 46.4 Å². The van der Waals surface area contributed by atoms with Gasteiger partial charge in [-0.15, -0.1) is 0 Å². The van der Waals surface area contributed by atoms with Crippen molar-refractivity contribution in [1.82, 2.24) is 5.32 Å². The van der Waals surface area contributed by atoms with Gasteiger partial charge in [0, 0.05) is 12.1 Å². The third-order valence-corrected chi connectivity index (χ3v) is 4.03. The summed E-state index contributed by atoms with van der Waals surface area (Å²) in [6.07, 6.45) is 0. The monoisotopic (exact) mass is 347 g/mol. The Bertz CT molecular complexity index is 693. The first-order valence-electron chi connectivity index (χ1n) is 8.09. The minimum Gasteiger partial charge on any atom is -0.493 e. The van der Waals surface area contributed by atoms with Crippen molar-refractivity contribution in [1.29, 1.82) is 0 Å². The molecule has 0 radical (unpaired) electrons. The molecule has 0 aliphatic heterocycles. The lowest BCUT2D eigenvalue weighted by molar-refractivity contribution is 0.284. The molecule has 2 aromatic rings. The van der Waals surface area contributed by atoms with Gasteiger partial charge in [0.2, 0.25) is 0 Å². The van der Waals surface area contributed by atoms with E-state index < -0.39 is 0 Å². The smallest absolute Gasteiger partial charge is 0.180 e. The van der Waals surface area contributed by atoms with Crippen LogP contribution in [0.5, 0.6) is 11.5 Å². The molecular weight excluding hydrogens is 322 g/mol.